The Kier molecular flexibility index (Phi) is 3.95. The van der Waals surface area contributed by atoms with E-state index in [4.69, 9.17) is 0 Å². The molecule has 0 spiro atoms. The van der Waals surface area contributed by atoms with Crippen LogP contribution in [-0.2, 0) is 9.59 Å². The molecule has 2 aromatic carbocycles. The summed E-state index contributed by atoms with van der Waals surface area (Å²) in [5, 5.41) is 11.1. The number of benzene rings is 2. The first-order valence-electron chi connectivity index (χ1n) is 8.65. The van der Waals surface area contributed by atoms with E-state index in [0.717, 1.165) is 27.7 Å². The van der Waals surface area contributed by atoms with Crippen LogP contribution in [0.25, 0.3) is 10.9 Å². The van der Waals surface area contributed by atoms with Gasteiger partial charge in [-0.15, -0.1) is 0 Å². The van der Waals surface area contributed by atoms with Crippen molar-refractivity contribution in [3.63, 3.8) is 0 Å². The number of carbonyl (C=O) groups excluding carboxylic acids is 2. The third kappa shape index (κ3) is 2.73. The minimum atomic E-state index is -0.391. The maximum atomic E-state index is 12.7. The van der Waals surface area contributed by atoms with Crippen LogP contribution in [0, 0.1) is 19.8 Å². The number of hydrogen-bond acceptors (Lipinski definition) is 3. The van der Waals surface area contributed by atoms with E-state index in [9.17, 15) is 9.59 Å². The van der Waals surface area contributed by atoms with Gasteiger partial charge in [0.05, 0.1) is 11.4 Å². The number of aryl methyl sites for hydroxylation is 1. The molecule has 0 saturated carbocycles. The van der Waals surface area contributed by atoms with E-state index < -0.39 is 5.92 Å². The molecule has 3 aromatic rings. The van der Waals surface area contributed by atoms with Crippen molar-refractivity contribution in [2.24, 2.45) is 5.92 Å². The van der Waals surface area contributed by atoms with Gasteiger partial charge in [0.1, 0.15) is 0 Å². The Morgan fingerprint density at radius 1 is 1.19 bits per heavy atom. The van der Waals surface area contributed by atoms with E-state index in [2.05, 4.69) is 15.5 Å². The summed E-state index contributed by atoms with van der Waals surface area (Å²) >= 11 is 0. The smallest absolute Gasteiger partial charge is 0.229 e. The van der Waals surface area contributed by atoms with Crippen molar-refractivity contribution in [3.05, 3.63) is 53.6 Å². The number of fused-ring (bicyclic) bond motifs is 1. The summed E-state index contributed by atoms with van der Waals surface area (Å²) in [6.45, 7) is 4.33. The van der Waals surface area contributed by atoms with Crippen molar-refractivity contribution in [1.29, 1.82) is 0 Å². The third-order valence-corrected chi connectivity index (χ3v) is 5.06. The van der Waals surface area contributed by atoms with Crippen molar-refractivity contribution in [3.8, 4) is 0 Å². The van der Waals surface area contributed by atoms with Gasteiger partial charge in [0.15, 0.2) is 5.82 Å². The summed E-state index contributed by atoms with van der Waals surface area (Å²) in [6, 6.07) is 13.5. The zero-order valence-electron chi connectivity index (χ0n) is 14.7. The number of carbonyl (C=O) groups is 2. The number of amides is 2. The summed E-state index contributed by atoms with van der Waals surface area (Å²) in [6.07, 6.45) is 0.192. The minimum absolute atomic E-state index is 0.0802. The first-order valence-corrected chi connectivity index (χ1v) is 8.65. The number of aromatic nitrogens is 2. The largest absolute Gasteiger partial charge is 0.326 e. The van der Waals surface area contributed by atoms with Crippen molar-refractivity contribution in [2.75, 3.05) is 16.8 Å². The first-order chi connectivity index (χ1) is 12.5. The van der Waals surface area contributed by atoms with E-state index >= 15 is 0 Å². The highest BCUT2D eigenvalue weighted by atomic mass is 16.2. The standard InChI is InChI=1S/C20H20N4O2/c1-12-6-5-9-16(13(12)2)21-20(26)14-10-18(25)24(11-14)19-15-7-3-4-8-17(15)22-23-19/h3-9,14H,10-11H2,1-2H3,(H,21,26)(H,22,23)/t14-/m1/s1. The molecule has 1 saturated heterocycles. The van der Waals surface area contributed by atoms with E-state index in [1.807, 2.05) is 56.3 Å². The first kappa shape index (κ1) is 16.3. The van der Waals surface area contributed by atoms with E-state index in [-0.39, 0.29) is 18.2 Å². The monoisotopic (exact) mass is 348 g/mol. The SMILES string of the molecule is Cc1cccc(NC(=O)[C@@H]2CC(=O)N(c3n[nH]c4ccccc34)C2)c1C. The number of hydrogen-bond donors (Lipinski definition) is 2. The summed E-state index contributed by atoms with van der Waals surface area (Å²) in [7, 11) is 0. The van der Waals surface area contributed by atoms with Gasteiger partial charge in [0.25, 0.3) is 0 Å². The average Bonchev–Trinajstić information content (AvgIpc) is 3.22. The van der Waals surface area contributed by atoms with Crippen LogP contribution in [-0.4, -0.2) is 28.6 Å². The lowest BCUT2D eigenvalue weighted by atomic mass is 10.1. The Bertz CT molecular complexity index is 1010. The molecular formula is C20H20N4O2. The Morgan fingerprint density at radius 2 is 2.00 bits per heavy atom. The Morgan fingerprint density at radius 3 is 2.85 bits per heavy atom. The van der Waals surface area contributed by atoms with Gasteiger partial charge in [0.2, 0.25) is 11.8 Å². The van der Waals surface area contributed by atoms with Gasteiger partial charge in [0, 0.05) is 24.0 Å². The van der Waals surface area contributed by atoms with Crippen molar-refractivity contribution >= 4 is 34.2 Å². The number of rotatable bonds is 3. The van der Waals surface area contributed by atoms with Gasteiger partial charge in [-0.2, -0.15) is 5.10 Å². The van der Waals surface area contributed by atoms with Crippen LogP contribution in [0.2, 0.25) is 0 Å². The lowest BCUT2D eigenvalue weighted by Gasteiger charge is -2.15. The van der Waals surface area contributed by atoms with Gasteiger partial charge in [-0.25, -0.2) is 0 Å². The fourth-order valence-corrected chi connectivity index (χ4v) is 3.36. The zero-order chi connectivity index (χ0) is 18.3. The van der Waals surface area contributed by atoms with Gasteiger partial charge in [-0.1, -0.05) is 24.3 Å². The minimum Gasteiger partial charge on any atom is -0.326 e. The highest BCUT2D eigenvalue weighted by molar-refractivity contribution is 6.07. The van der Waals surface area contributed by atoms with Crippen molar-refractivity contribution < 1.29 is 9.59 Å². The fraction of sp³-hybridized carbons (Fsp3) is 0.250. The summed E-state index contributed by atoms with van der Waals surface area (Å²) in [5.41, 5.74) is 3.83. The lowest BCUT2D eigenvalue weighted by molar-refractivity contribution is -0.122. The molecule has 0 unspecified atom stereocenters. The number of H-pyrrole nitrogens is 1. The van der Waals surface area contributed by atoms with Crippen LogP contribution in [0.15, 0.2) is 42.5 Å². The number of anilines is 2. The van der Waals surface area contributed by atoms with Crippen LogP contribution in [0.3, 0.4) is 0 Å². The molecule has 1 fully saturated rings. The molecular weight excluding hydrogens is 328 g/mol. The van der Waals surface area contributed by atoms with Gasteiger partial charge in [-0.3, -0.25) is 19.6 Å². The maximum Gasteiger partial charge on any atom is 0.229 e. The molecule has 6 heteroatoms. The topological polar surface area (TPSA) is 78.1 Å². The van der Waals surface area contributed by atoms with Crippen LogP contribution in [0.4, 0.5) is 11.5 Å². The maximum absolute atomic E-state index is 12.7. The molecule has 132 valence electrons. The molecule has 2 N–H and O–H groups in total. The van der Waals surface area contributed by atoms with Gasteiger partial charge < -0.3 is 5.32 Å². The molecule has 1 aliphatic heterocycles. The predicted molar refractivity (Wildman–Crippen MR) is 101 cm³/mol. The normalized spacial score (nSPS) is 17.1. The van der Waals surface area contributed by atoms with Gasteiger partial charge in [-0.05, 0) is 43.2 Å². The molecule has 26 heavy (non-hydrogen) atoms. The zero-order valence-corrected chi connectivity index (χ0v) is 14.7. The second kappa shape index (κ2) is 6.29. The molecule has 4 rings (SSSR count). The third-order valence-electron chi connectivity index (χ3n) is 5.06. The Hall–Kier alpha value is -3.15. The number of nitrogens with zero attached hydrogens (tertiary/aromatic N) is 2. The predicted octanol–water partition coefficient (Wildman–Crippen LogP) is 3.17. The van der Waals surface area contributed by atoms with Gasteiger partial charge >= 0.3 is 0 Å². The summed E-state index contributed by atoms with van der Waals surface area (Å²) in [5.74, 6) is -0.0109. The van der Waals surface area contributed by atoms with Crippen LogP contribution in [0.5, 0.6) is 0 Å². The molecule has 1 atom stereocenters. The molecule has 0 bridgehead atoms. The molecule has 0 aliphatic carbocycles. The van der Waals surface area contributed by atoms with E-state index in [1.54, 1.807) is 4.90 Å². The summed E-state index contributed by atoms with van der Waals surface area (Å²) in [4.78, 5) is 26.8. The summed E-state index contributed by atoms with van der Waals surface area (Å²) < 4.78 is 0. The Labute approximate surface area is 151 Å². The van der Waals surface area contributed by atoms with Crippen LogP contribution >= 0.6 is 0 Å². The molecule has 2 heterocycles. The second-order valence-electron chi connectivity index (χ2n) is 6.73. The number of aromatic amines is 1. The Balaban J connectivity index is 1.54. The quantitative estimate of drug-likeness (QED) is 0.763. The molecule has 1 aliphatic rings. The van der Waals surface area contributed by atoms with Crippen LogP contribution in [0.1, 0.15) is 17.5 Å². The van der Waals surface area contributed by atoms with E-state index in [0.29, 0.717) is 12.4 Å². The number of nitrogens with one attached hydrogen (secondary N) is 2. The lowest BCUT2D eigenvalue weighted by Crippen LogP contribution is -2.28. The highest BCUT2D eigenvalue weighted by Gasteiger charge is 2.37. The molecule has 0 radical (unpaired) electrons. The second-order valence-corrected chi connectivity index (χ2v) is 6.73. The van der Waals surface area contributed by atoms with E-state index in [1.165, 1.54) is 0 Å². The molecule has 1 aromatic heterocycles. The number of para-hydroxylation sites is 1. The van der Waals surface area contributed by atoms with Crippen molar-refractivity contribution in [1.82, 2.24) is 10.2 Å². The molecule has 6 nitrogen and oxygen atoms in total. The van der Waals surface area contributed by atoms with Crippen LogP contribution < -0.4 is 10.2 Å². The highest BCUT2D eigenvalue weighted by Crippen LogP contribution is 2.30. The average molecular weight is 348 g/mol. The fourth-order valence-electron chi connectivity index (χ4n) is 3.36. The molecule has 2 amide bonds. The van der Waals surface area contributed by atoms with Crippen molar-refractivity contribution in [2.45, 2.75) is 20.3 Å².